The van der Waals surface area contributed by atoms with Crippen LogP contribution in [0.3, 0.4) is 0 Å². The number of guanidine groups is 1. The molecule has 5 heteroatoms. The Morgan fingerprint density at radius 1 is 1.30 bits per heavy atom. The van der Waals surface area contributed by atoms with Crippen molar-refractivity contribution in [2.75, 3.05) is 20.1 Å². The Bertz CT molecular complexity index is 656. The molecule has 1 N–H and O–H groups in total. The molecule has 0 bridgehead atoms. The van der Waals surface area contributed by atoms with Gasteiger partial charge < -0.3 is 14.8 Å². The van der Waals surface area contributed by atoms with E-state index in [1.165, 1.54) is 11.1 Å². The number of fused-ring (bicyclic) bond motifs is 1. The second-order valence-corrected chi connectivity index (χ2v) is 5.41. The Labute approximate surface area is 119 Å². The summed E-state index contributed by atoms with van der Waals surface area (Å²) in [4.78, 5) is 11.4. The minimum Gasteiger partial charge on any atom is -0.349 e. The lowest BCUT2D eigenvalue weighted by atomic mass is 10.2. The molecular formula is C15H21N5. The summed E-state index contributed by atoms with van der Waals surface area (Å²) in [6.45, 7) is 4.77. The standard InChI is InChI=1S/C15H21N5/c1-11-5-6-13-12(9-11)18-14(20(13)3)10-17-15-16-7-4-8-19(15)2/h5-6,9H,4,7-8,10H2,1-3H3,(H,16,17). The number of rotatable bonds is 2. The highest BCUT2D eigenvalue weighted by Crippen LogP contribution is 2.16. The monoisotopic (exact) mass is 271 g/mol. The molecule has 0 unspecified atom stereocenters. The molecule has 1 aromatic carbocycles. The van der Waals surface area contributed by atoms with E-state index < -0.39 is 0 Å². The first-order valence-electron chi connectivity index (χ1n) is 7.06. The highest BCUT2D eigenvalue weighted by molar-refractivity contribution is 5.80. The average Bonchev–Trinajstić information content (AvgIpc) is 2.74. The van der Waals surface area contributed by atoms with Crippen LogP contribution in [0.1, 0.15) is 17.8 Å². The number of hydrogen-bond acceptors (Lipinski definition) is 4. The van der Waals surface area contributed by atoms with Crippen molar-refractivity contribution in [3.8, 4) is 0 Å². The average molecular weight is 271 g/mol. The van der Waals surface area contributed by atoms with Crippen molar-refractivity contribution in [2.45, 2.75) is 19.9 Å². The third kappa shape index (κ3) is 2.35. The Morgan fingerprint density at radius 3 is 2.95 bits per heavy atom. The van der Waals surface area contributed by atoms with Gasteiger partial charge in [-0.2, -0.15) is 0 Å². The molecule has 0 saturated heterocycles. The van der Waals surface area contributed by atoms with Crippen molar-refractivity contribution in [2.24, 2.45) is 12.0 Å². The number of nitrogens with zero attached hydrogens (tertiary/aromatic N) is 4. The van der Waals surface area contributed by atoms with E-state index in [0.717, 1.165) is 36.8 Å². The largest absolute Gasteiger partial charge is 0.349 e. The molecule has 20 heavy (non-hydrogen) atoms. The van der Waals surface area contributed by atoms with Gasteiger partial charge in [0.25, 0.3) is 0 Å². The maximum Gasteiger partial charge on any atom is 0.194 e. The van der Waals surface area contributed by atoms with Crippen molar-refractivity contribution in [3.63, 3.8) is 0 Å². The topological polar surface area (TPSA) is 45.5 Å². The van der Waals surface area contributed by atoms with E-state index in [1.54, 1.807) is 0 Å². The summed E-state index contributed by atoms with van der Waals surface area (Å²) in [5.41, 5.74) is 3.47. The number of aliphatic imine (C=N–C) groups is 1. The SMILES string of the molecule is Cc1ccc2c(c1)nc(CNC1=NCCCN1C)n2C. The summed E-state index contributed by atoms with van der Waals surface area (Å²) in [5.74, 6) is 2.01. The molecule has 0 radical (unpaired) electrons. The van der Waals surface area contributed by atoms with Gasteiger partial charge in [0.1, 0.15) is 5.82 Å². The first kappa shape index (κ1) is 13.0. The normalized spacial score (nSPS) is 15.6. The zero-order valence-corrected chi connectivity index (χ0v) is 12.3. The third-order valence-electron chi connectivity index (χ3n) is 3.81. The van der Waals surface area contributed by atoms with Crippen molar-refractivity contribution in [1.82, 2.24) is 19.8 Å². The maximum absolute atomic E-state index is 4.71. The molecular weight excluding hydrogens is 250 g/mol. The van der Waals surface area contributed by atoms with E-state index in [1.807, 2.05) is 0 Å². The minimum atomic E-state index is 0.702. The van der Waals surface area contributed by atoms with Gasteiger partial charge in [0.05, 0.1) is 17.6 Å². The smallest absolute Gasteiger partial charge is 0.194 e. The van der Waals surface area contributed by atoms with Gasteiger partial charge in [-0.3, -0.25) is 4.99 Å². The number of aryl methyl sites for hydroxylation is 2. The van der Waals surface area contributed by atoms with Crippen LogP contribution in [-0.2, 0) is 13.6 Å². The molecule has 3 rings (SSSR count). The summed E-state index contributed by atoms with van der Waals surface area (Å²) in [6.07, 6.45) is 1.13. The number of nitrogens with one attached hydrogen (secondary N) is 1. The first-order valence-corrected chi connectivity index (χ1v) is 7.06. The van der Waals surface area contributed by atoms with Gasteiger partial charge in [-0.15, -0.1) is 0 Å². The summed E-state index contributed by atoms with van der Waals surface area (Å²) < 4.78 is 2.14. The number of imidazole rings is 1. The number of aromatic nitrogens is 2. The molecule has 0 aliphatic carbocycles. The summed E-state index contributed by atoms with van der Waals surface area (Å²) in [7, 11) is 4.14. The van der Waals surface area contributed by atoms with Crippen molar-refractivity contribution < 1.29 is 0 Å². The van der Waals surface area contributed by atoms with Crippen molar-refractivity contribution in [3.05, 3.63) is 29.6 Å². The Morgan fingerprint density at radius 2 is 2.15 bits per heavy atom. The van der Waals surface area contributed by atoms with E-state index in [2.05, 4.69) is 59.0 Å². The summed E-state index contributed by atoms with van der Waals surface area (Å²) >= 11 is 0. The molecule has 0 fully saturated rings. The Kier molecular flexibility index (Phi) is 3.34. The quantitative estimate of drug-likeness (QED) is 0.903. The highest BCUT2D eigenvalue weighted by atomic mass is 15.3. The van der Waals surface area contributed by atoms with Gasteiger partial charge in [0, 0.05) is 27.2 Å². The van der Waals surface area contributed by atoms with E-state index >= 15 is 0 Å². The lowest BCUT2D eigenvalue weighted by Gasteiger charge is -2.25. The molecule has 1 aliphatic rings. The molecule has 106 valence electrons. The first-order chi connectivity index (χ1) is 9.65. The van der Waals surface area contributed by atoms with Gasteiger partial charge in [-0.1, -0.05) is 6.07 Å². The fraction of sp³-hybridized carbons (Fsp3) is 0.467. The highest BCUT2D eigenvalue weighted by Gasteiger charge is 2.12. The van der Waals surface area contributed by atoms with Gasteiger partial charge in [-0.25, -0.2) is 4.98 Å². The molecule has 0 spiro atoms. The second kappa shape index (κ2) is 5.15. The van der Waals surface area contributed by atoms with E-state index in [-0.39, 0.29) is 0 Å². The molecule has 0 amide bonds. The lowest BCUT2D eigenvalue weighted by molar-refractivity contribution is 0.444. The summed E-state index contributed by atoms with van der Waals surface area (Å²) in [5, 5.41) is 3.40. The van der Waals surface area contributed by atoms with Crippen LogP contribution in [-0.4, -0.2) is 40.5 Å². The van der Waals surface area contributed by atoms with Crippen LogP contribution in [0, 0.1) is 6.92 Å². The summed E-state index contributed by atoms with van der Waals surface area (Å²) in [6, 6.07) is 6.38. The van der Waals surface area contributed by atoms with Crippen LogP contribution in [0.25, 0.3) is 11.0 Å². The molecule has 2 aromatic rings. The van der Waals surface area contributed by atoms with Gasteiger partial charge in [0.15, 0.2) is 5.96 Å². The molecule has 2 heterocycles. The molecule has 5 nitrogen and oxygen atoms in total. The molecule has 1 aromatic heterocycles. The van der Waals surface area contributed by atoms with Gasteiger partial charge in [-0.05, 0) is 31.0 Å². The predicted molar refractivity (Wildman–Crippen MR) is 81.8 cm³/mol. The lowest BCUT2D eigenvalue weighted by Crippen LogP contribution is -2.42. The number of hydrogen-bond donors (Lipinski definition) is 1. The molecule has 0 saturated carbocycles. The fourth-order valence-corrected chi connectivity index (χ4v) is 2.59. The maximum atomic E-state index is 4.71. The van der Waals surface area contributed by atoms with E-state index in [9.17, 15) is 0 Å². The van der Waals surface area contributed by atoms with Crippen LogP contribution in [0.4, 0.5) is 0 Å². The second-order valence-electron chi connectivity index (χ2n) is 5.41. The van der Waals surface area contributed by atoms with Crippen LogP contribution in [0.15, 0.2) is 23.2 Å². The third-order valence-corrected chi connectivity index (χ3v) is 3.81. The van der Waals surface area contributed by atoms with Gasteiger partial charge in [0.2, 0.25) is 0 Å². The zero-order valence-electron chi connectivity index (χ0n) is 12.3. The fourth-order valence-electron chi connectivity index (χ4n) is 2.59. The Balaban J connectivity index is 1.81. The predicted octanol–water partition coefficient (Wildman–Crippen LogP) is 1.66. The van der Waals surface area contributed by atoms with Crippen LogP contribution in [0.5, 0.6) is 0 Å². The van der Waals surface area contributed by atoms with Crippen molar-refractivity contribution >= 4 is 17.0 Å². The van der Waals surface area contributed by atoms with Crippen molar-refractivity contribution in [1.29, 1.82) is 0 Å². The van der Waals surface area contributed by atoms with Crippen LogP contribution >= 0.6 is 0 Å². The van der Waals surface area contributed by atoms with Crippen LogP contribution in [0.2, 0.25) is 0 Å². The Hall–Kier alpha value is -2.04. The number of benzene rings is 1. The van der Waals surface area contributed by atoms with Crippen LogP contribution < -0.4 is 5.32 Å². The van der Waals surface area contributed by atoms with E-state index in [0.29, 0.717) is 6.54 Å². The minimum absolute atomic E-state index is 0.702. The van der Waals surface area contributed by atoms with Gasteiger partial charge >= 0.3 is 0 Å². The molecule has 1 aliphatic heterocycles. The molecule has 0 atom stereocenters. The van der Waals surface area contributed by atoms with E-state index in [4.69, 9.17) is 4.98 Å². The zero-order chi connectivity index (χ0) is 14.1.